The lowest BCUT2D eigenvalue weighted by atomic mass is 10.0. The molecule has 1 heterocycles. The van der Waals surface area contributed by atoms with Crippen molar-refractivity contribution in [2.75, 3.05) is 5.73 Å². The lowest BCUT2D eigenvalue weighted by Crippen LogP contribution is -2.01. The third-order valence-corrected chi connectivity index (χ3v) is 3.65. The molecule has 0 spiro atoms. The van der Waals surface area contributed by atoms with Crippen LogP contribution in [-0.2, 0) is 0 Å². The van der Waals surface area contributed by atoms with Crippen molar-refractivity contribution in [3.63, 3.8) is 0 Å². The van der Waals surface area contributed by atoms with Gasteiger partial charge < -0.3 is 5.73 Å². The molecule has 0 saturated carbocycles. The van der Waals surface area contributed by atoms with Gasteiger partial charge in [-0.3, -0.25) is 0 Å². The number of rotatable bonds is 0. The van der Waals surface area contributed by atoms with E-state index in [1.165, 1.54) is 0 Å². The van der Waals surface area contributed by atoms with Crippen LogP contribution >= 0.6 is 0 Å². The van der Waals surface area contributed by atoms with Gasteiger partial charge in [-0.2, -0.15) is 0 Å². The molecule has 2 aromatic carbocycles. The van der Waals surface area contributed by atoms with Crippen molar-refractivity contribution in [3.05, 3.63) is 41.0 Å². The SMILES string of the molecule is Cc1c(N)c(C)c2nc3ccccc3nc2c1C. The van der Waals surface area contributed by atoms with Gasteiger partial charge in [-0.15, -0.1) is 0 Å². The summed E-state index contributed by atoms with van der Waals surface area (Å²) in [5.41, 5.74) is 13.9. The second kappa shape index (κ2) is 3.67. The average Bonchev–Trinajstić information content (AvgIpc) is 2.41. The Bertz CT molecular complexity index is 710. The average molecular weight is 237 g/mol. The monoisotopic (exact) mass is 237 g/mol. The van der Waals surface area contributed by atoms with E-state index in [9.17, 15) is 0 Å². The zero-order valence-electron chi connectivity index (χ0n) is 10.8. The van der Waals surface area contributed by atoms with Gasteiger partial charge in [0.15, 0.2) is 0 Å². The van der Waals surface area contributed by atoms with E-state index in [2.05, 4.69) is 6.92 Å². The number of nitrogens with zero attached hydrogens (tertiary/aromatic N) is 2. The highest BCUT2D eigenvalue weighted by molar-refractivity contribution is 5.93. The Balaban J connectivity index is 2.58. The number of benzene rings is 2. The van der Waals surface area contributed by atoms with Crippen LogP contribution in [-0.4, -0.2) is 9.97 Å². The van der Waals surface area contributed by atoms with E-state index in [4.69, 9.17) is 15.7 Å². The van der Waals surface area contributed by atoms with Crippen molar-refractivity contribution >= 4 is 27.8 Å². The quantitative estimate of drug-likeness (QED) is 0.482. The van der Waals surface area contributed by atoms with Gasteiger partial charge in [-0.05, 0) is 44.0 Å². The van der Waals surface area contributed by atoms with Gasteiger partial charge in [0.1, 0.15) is 0 Å². The zero-order chi connectivity index (χ0) is 12.9. The molecular formula is C15H15N3. The van der Waals surface area contributed by atoms with Gasteiger partial charge in [0, 0.05) is 11.3 Å². The summed E-state index contributed by atoms with van der Waals surface area (Å²) in [6.07, 6.45) is 0. The molecule has 0 atom stereocenters. The first-order chi connectivity index (χ1) is 8.59. The summed E-state index contributed by atoms with van der Waals surface area (Å²) in [5, 5.41) is 0. The number of nitrogens with two attached hydrogens (primary N) is 1. The molecule has 1 aromatic heterocycles. The van der Waals surface area contributed by atoms with Crippen molar-refractivity contribution in [2.45, 2.75) is 20.8 Å². The highest BCUT2D eigenvalue weighted by Crippen LogP contribution is 2.29. The molecule has 0 unspecified atom stereocenters. The fourth-order valence-electron chi connectivity index (χ4n) is 2.31. The van der Waals surface area contributed by atoms with Crippen LogP contribution < -0.4 is 5.73 Å². The second-order valence-electron chi connectivity index (χ2n) is 4.70. The molecular weight excluding hydrogens is 222 g/mol. The number of hydrogen-bond acceptors (Lipinski definition) is 3. The van der Waals surface area contributed by atoms with Crippen molar-refractivity contribution in [1.29, 1.82) is 0 Å². The molecule has 3 rings (SSSR count). The first-order valence-corrected chi connectivity index (χ1v) is 6.01. The lowest BCUT2D eigenvalue weighted by molar-refractivity contribution is 1.28. The van der Waals surface area contributed by atoms with E-state index >= 15 is 0 Å². The van der Waals surface area contributed by atoms with Crippen LogP contribution in [0.25, 0.3) is 22.1 Å². The molecule has 0 aliphatic rings. The summed E-state index contributed by atoms with van der Waals surface area (Å²) in [7, 11) is 0. The van der Waals surface area contributed by atoms with Gasteiger partial charge in [-0.1, -0.05) is 12.1 Å². The third-order valence-electron chi connectivity index (χ3n) is 3.65. The van der Waals surface area contributed by atoms with E-state index < -0.39 is 0 Å². The van der Waals surface area contributed by atoms with Crippen molar-refractivity contribution in [3.8, 4) is 0 Å². The van der Waals surface area contributed by atoms with E-state index in [1.54, 1.807) is 0 Å². The van der Waals surface area contributed by atoms with E-state index in [1.807, 2.05) is 38.1 Å². The molecule has 0 aliphatic heterocycles. The normalized spacial score (nSPS) is 11.3. The van der Waals surface area contributed by atoms with Crippen molar-refractivity contribution in [1.82, 2.24) is 9.97 Å². The fourth-order valence-corrected chi connectivity index (χ4v) is 2.31. The Morgan fingerprint density at radius 3 is 1.83 bits per heavy atom. The number of aromatic nitrogens is 2. The smallest absolute Gasteiger partial charge is 0.0947 e. The van der Waals surface area contributed by atoms with Crippen molar-refractivity contribution < 1.29 is 0 Å². The van der Waals surface area contributed by atoms with Gasteiger partial charge >= 0.3 is 0 Å². The second-order valence-corrected chi connectivity index (χ2v) is 4.70. The van der Waals surface area contributed by atoms with Gasteiger partial charge in [0.05, 0.1) is 22.1 Å². The van der Waals surface area contributed by atoms with Crippen LogP contribution in [0.2, 0.25) is 0 Å². The Morgan fingerprint density at radius 2 is 1.28 bits per heavy atom. The Hall–Kier alpha value is -2.16. The molecule has 3 nitrogen and oxygen atoms in total. The van der Waals surface area contributed by atoms with Crippen LogP contribution in [0.15, 0.2) is 24.3 Å². The number of nitrogen functional groups attached to an aromatic ring is 1. The highest BCUT2D eigenvalue weighted by Gasteiger charge is 2.12. The number of anilines is 1. The van der Waals surface area contributed by atoms with Crippen LogP contribution in [0.3, 0.4) is 0 Å². The number of para-hydroxylation sites is 2. The minimum Gasteiger partial charge on any atom is -0.398 e. The summed E-state index contributed by atoms with van der Waals surface area (Å²) >= 11 is 0. The summed E-state index contributed by atoms with van der Waals surface area (Å²) in [6.45, 7) is 6.10. The van der Waals surface area contributed by atoms with Crippen LogP contribution in [0, 0.1) is 20.8 Å². The highest BCUT2D eigenvalue weighted by atomic mass is 14.8. The lowest BCUT2D eigenvalue weighted by Gasteiger charge is -2.12. The molecule has 0 amide bonds. The Labute approximate surface area is 106 Å². The summed E-state index contributed by atoms with van der Waals surface area (Å²) < 4.78 is 0. The first-order valence-electron chi connectivity index (χ1n) is 6.01. The van der Waals surface area contributed by atoms with E-state index in [0.29, 0.717) is 0 Å². The topological polar surface area (TPSA) is 51.8 Å². The number of aryl methyl sites for hydroxylation is 2. The molecule has 0 radical (unpaired) electrons. The summed E-state index contributed by atoms with van der Waals surface area (Å²) in [4.78, 5) is 9.42. The van der Waals surface area contributed by atoms with Crippen LogP contribution in [0.5, 0.6) is 0 Å². The maximum absolute atomic E-state index is 6.13. The zero-order valence-corrected chi connectivity index (χ0v) is 10.8. The van der Waals surface area contributed by atoms with Gasteiger partial charge in [-0.25, -0.2) is 9.97 Å². The standard InChI is InChI=1S/C15H15N3/c1-8-9(2)14-15(10(3)13(8)16)18-12-7-5-4-6-11(12)17-14/h4-7H,16H2,1-3H3. The largest absolute Gasteiger partial charge is 0.398 e. The maximum atomic E-state index is 6.13. The molecule has 3 heteroatoms. The predicted molar refractivity (Wildman–Crippen MR) is 75.7 cm³/mol. The summed E-state index contributed by atoms with van der Waals surface area (Å²) in [5.74, 6) is 0. The molecule has 0 aliphatic carbocycles. The van der Waals surface area contributed by atoms with E-state index in [-0.39, 0.29) is 0 Å². The molecule has 3 aromatic rings. The number of hydrogen-bond donors (Lipinski definition) is 1. The van der Waals surface area contributed by atoms with Crippen LogP contribution in [0.4, 0.5) is 5.69 Å². The molecule has 2 N–H and O–H groups in total. The third kappa shape index (κ3) is 1.37. The van der Waals surface area contributed by atoms with Gasteiger partial charge in [0.2, 0.25) is 0 Å². The fraction of sp³-hybridized carbons (Fsp3) is 0.200. The summed E-state index contributed by atoms with van der Waals surface area (Å²) in [6, 6.07) is 7.92. The Morgan fingerprint density at radius 1 is 0.778 bits per heavy atom. The minimum absolute atomic E-state index is 0.824. The number of fused-ring (bicyclic) bond motifs is 2. The van der Waals surface area contributed by atoms with E-state index in [0.717, 1.165) is 44.4 Å². The minimum atomic E-state index is 0.824. The van der Waals surface area contributed by atoms with Gasteiger partial charge in [0.25, 0.3) is 0 Å². The molecule has 0 bridgehead atoms. The molecule has 90 valence electrons. The molecule has 18 heavy (non-hydrogen) atoms. The van der Waals surface area contributed by atoms with Crippen LogP contribution in [0.1, 0.15) is 16.7 Å². The maximum Gasteiger partial charge on any atom is 0.0947 e. The van der Waals surface area contributed by atoms with Crippen molar-refractivity contribution in [2.24, 2.45) is 0 Å². The first kappa shape index (κ1) is 11.0. The molecule has 0 fully saturated rings. The Kier molecular flexibility index (Phi) is 2.23. The predicted octanol–water partition coefficient (Wildman–Crippen LogP) is 3.29. The molecule has 0 saturated heterocycles.